The van der Waals surface area contributed by atoms with Gasteiger partial charge in [-0.3, -0.25) is 4.79 Å². The fourth-order valence-corrected chi connectivity index (χ4v) is 3.74. The van der Waals surface area contributed by atoms with Crippen LogP contribution in [0.25, 0.3) is 16.8 Å². The molecule has 0 aliphatic heterocycles. The summed E-state index contributed by atoms with van der Waals surface area (Å²) in [7, 11) is 0. The van der Waals surface area contributed by atoms with Gasteiger partial charge in [-0.15, -0.1) is 0 Å². The minimum Gasteiger partial charge on any atom is -0.388 e. The largest absolute Gasteiger partial charge is 0.418 e. The quantitative estimate of drug-likeness (QED) is 0.330. The first-order valence-corrected chi connectivity index (χ1v) is 10.6. The average molecular weight is 508 g/mol. The van der Waals surface area contributed by atoms with Crippen LogP contribution in [0.15, 0.2) is 54.9 Å². The second kappa shape index (κ2) is 9.51. The zero-order valence-electron chi connectivity index (χ0n) is 17.9. The Bertz CT molecular complexity index is 1390. The molecule has 35 heavy (non-hydrogen) atoms. The molecule has 0 bridgehead atoms. The second-order valence-electron chi connectivity index (χ2n) is 7.65. The number of amides is 1. The second-order valence-corrected chi connectivity index (χ2v) is 8.09. The number of anilines is 1. The molecule has 0 spiro atoms. The van der Waals surface area contributed by atoms with Crippen LogP contribution in [0.5, 0.6) is 0 Å². The number of nitrogens with one attached hydrogen (secondary N) is 1. The van der Waals surface area contributed by atoms with Crippen molar-refractivity contribution in [1.29, 1.82) is 0 Å². The van der Waals surface area contributed by atoms with Gasteiger partial charge in [0.1, 0.15) is 17.7 Å². The summed E-state index contributed by atoms with van der Waals surface area (Å²) in [5.41, 5.74) is 4.43. The molecule has 0 aliphatic rings. The predicted octanol–water partition coefficient (Wildman–Crippen LogP) is 4.64. The van der Waals surface area contributed by atoms with E-state index in [0.29, 0.717) is 10.6 Å². The third-order valence-corrected chi connectivity index (χ3v) is 5.60. The molecule has 0 radical (unpaired) electrons. The summed E-state index contributed by atoms with van der Waals surface area (Å²) < 4.78 is 56.1. The Kier molecular flexibility index (Phi) is 6.64. The third kappa shape index (κ3) is 5.05. The number of alkyl halides is 3. The molecule has 2 aromatic carbocycles. The molecule has 2 heterocycles. The van der Waals surface area contributed by atoms with E-state index in [4.69, 9.17) is 17.3 Å². The van der Waals surface area contributed by atoms with E-state index in [1.807, 2.05) is 0 Å². The van der Waals surface area contributed by atoms with Crippen molar-refractivity contribution in [3.8, 4) is 11.3 Å². The first kappa shape index (κ1) is 24.4. The number of fused-ring (bicyclic) bond motifs is 1. The van der Waals surface area contributed by atoms with E-state index in [2.05, 4.69) is 15.4 Å². The Labute approximate surface area is 201 Å². The van der Waals surface area contributed by atoms with E-state index >= 15 is 0 Å². The van der Waals surface area contributed by atoms with Crippen LogP contribution in [0.1, 0.15) is 34.0 Å². The van der Waals surface area contributed by atoms with Gasteiger partial charge in [0.25, 0.3) is 5.91 Å². The number of aliphatic hydroxyl groups is 1. The van der Waals surface area contributed by atoms with Gasteiger partial charge in [-0.05, 0) is 48.4 Å². The van der Waals surface area contributed by atoms with E-state index in [-0.39, 0.29) is 35.6 Å². The van der Waals surface area contributed by atoms with Crippen LogP contribution < -0.4 is 11.1 Å². The van der Waals surface area contributed by atoms with Crippen LogP contribution in [-0.4, -0.2) is 32.2 Å². The molecular formula is C23H18ClF4N5O2. The lowest BCUT2D eigenvalue weighted by Gasteiger charge is -2.12. The van der Waals surface area contributed by atoms with Gasteiger partial charge >= 0.3 is 6.18 Å². The molecule has 4 N–H and O–H groups in total. The van der Waals surface area contributed by atoms with E-state index < -0.39 is 35.1 Å². The monoisotopic (exact) mass is 507 g/mol. The summed E-state index contributed by atoms with van der Waals surface area (Å²) in [6.07, 6.45) is -4.49. The molecule has 1 atom stereocenters. The summed E-state index contributed by atoms with van der Waals surface area (Å²) in [5.74, 6) is -2.04. The number of hydrogen-bond donors (Lipinski definition) is 3. The van der Waals surface area contributed by atoms with Crippen molar-refractivity contribution >= 4 is 28.8 Å². The molecule has 7 nitrogen and oxygen atoms in total. The number of nitrogens with two attached hydrogens (primary N) is 1. The molecule has 1 amide bonds. The van der Waals surface area contributed by atoms with Crippen molar-refractivity contribution in [2.24, 2.45) is 0 Å². The first-order chi connectivity index (χ1) is 16.6. The topological polar surface area (TPSA) is 106 Å². The molecule has 0 saturated heterocycles. The number of aliphatic hydroxyl groups excluding tert-OH is 1. The van der Waals surface area contributed by atoms with Crippen LogP contribution in [0, 0.1) is 5.82 Å². The Balaban J connectivity index is 1.58. The van der Waals surface area contributed by atoms with Crippen LogP contribution in [0.4, 0.5) is 23.4 Å². The maximum atomic E-state index is 14.4. The Morgan fingerprint density at radius 2 is 1.89 bits per heavy atom. The molecule has 12 heteroatoms. The minimum absolute atomic E-state index is 0.0162. The molecule has 0 saturated carbocycles. The van der Waals surface area contributed by atoms with Crippen molar-refractivity contribution in [3.05, 3.63) is 82.4 Å². The Hall–Kier alpha value is -3.70. The fraction of sp³-hybridized carbons (Fsp3) is 0.174. The number of carbonyl (C=O) groups excluding carboxylic acids is 1. The Morgan fingerprint density at radius 1 is 1.17 bits per heavy atom. The van der Waals surface area contributed by atoms with Gasteiger partial charge in [0.05, 0.1) is 22.9 Å². The predicted molar refractivity (Wildman–Crippen MR) is 121 cm³/mol. The number of rotatable bonds is 6. The summed E-state index contributed by atoms with van der Waals surface area (Å²) in [6.45, 7) is 0.0162. The maximum Gasteiger partial charge on any atom is 0.418 e. The molecule has 182 valence electrons. The minimum atomic E-state index is -4.74. The molecule has 4 aromatic rings. The molecule has 1 unspecified atom stereocenters. The first-order valence-electron chi connectivity index (χ1n) is 10.3. The average Bonchev–Trinajstić information content (AvgIpc) is 3.21. The number of nitrogen functional groups attached to an aromatic ring is 1. The van der Waals surface area contributed by atoms with Gasteiger partial charge in [-0.1, -0.05) is 23.7 Å². The molecule has 4 rings (SSSR count). The van der Waals surface area contributed by atoms with E-state index in [9.17, 15) is 27.5 Å². The molecule has 0 aliphatic carbocycles. The van der Waals surface area contributed by atoms with Crippen molar-refractivity contribution in [1.82, 2.24) is 19.9 Å². The SMILES string of the molecule is Nc1ncnn2c(-c3ccc(F)c(C(=O)NCCC(O)c4ccc(Cl)cc4)c3)cc(C(F)(F)F)c12. The smallest absolute Gasteiger partial charge is 0.388 e. The normalized spacial score (nSPS) is 12.6. The summed E-state index contributed by atoms with van der Waals surface area (Å²) in [4.78, 5) is 16.2. The molecule has 2 aromatic heterocycles. The van der Waals surface area contributed by atoms with Gasteiger partial charge in [0, 0.05) is 17.1 Å². The third-order valence-electron chi connectivity index (χ3n) is 5.35. The number of halogens is 5. The fourth-order valence-electron chi connectivity index (χ4n) is 3.62. The standard InChI is InChI=1S/C23H18ClF4N5O2/c24-14-4-1-12(2-5-14)19(34)7-8-30-22(35)15-9-13(3-6-17(15)25)18-10-16(23(26,27)28)20-21(29)31-11-32-33(18)20/h1-6,9-11,19,34H,7-8H2,(H,30,35)(H2,29,31,32). The van der Waals surface area contributed by atoms with Crippen LogP contribution in [0.2, 0.25) is 5.02 Å². The van der Waals surface area contributed by atoms with Crippen LogP contribution in [-0.2, 0) is 6.18 Å². The molecule has 0 fully saturated rings. The van der Waals surface area contributed by atoms with Gasteiger partial charge in [0.2, 0.25) is 0 Å². The van der Waals surface area contributed by atoms with Gasteiger partial charge in [-0.2, -0.15) is 18.3 Å². The van der Waals surface area contributed by atoms with E-state index in [1.165, 1.54) is 6.07 Å². The van der Waals surface area contributed by atoms with Gasteiger partial charge in [-0.25, -0.2) is 13.9 Å². The number of carbonyl (C=O) groups is 1. The van der Waals surface area contributed by atoms with Crippen LogP contribution in [0.3, 0.4) is 0 Å². The van der Waals surface area contributed by atoms with Gasteiger partial charge < -0.3 is 16.2 Å². The summed E-state index contributed by atoms with van der Waals surface area (Å²) in [6, 6.07) is 10.7. The number of hydrogen-bond acceptors (Lipinski definition) is 5. The number of nitrogens with zero attached hydrogens (tertiary/aromatic N) is 3. The number of aromatic nitrogens is 3. The van der Waals surface area contributed by atoms with Crippen molar-refractivity contribution < 1.29 is 27.5 Å². The van der Waals surface area contributed by atoms with Gasteiger partial charge in [0.15, 0.2) is 5.82 Å². The van der Waals surface area contributed by atoms with Crippen molar-refractivity contribution in [2.45, 2.75) is 18.7 Å². The summed E-state index contributed by atoms with van der Waals surface area (Å²) >= 11 is 5.82. The zero-order chi connectivity index (χ0) is 25.3. The van der Waals surface area contributed by atoms with Crippen LogP contribution >= 0.6 is 11.6 Å². The van der Waals surface area contributed by atoms with E-state index in [1.54, 1.807) is 24.3 Å². The van der Waals surface area contributed by atoms with Crippen molar-refractivity contribution in [3.63, 3.8) is 0 Å². The highest BCUT2D eigenvalue weighted by molar-refractivity contribution is 6.30. The lowest BCUT2D eigenvalue weighted by Crippen LogP contribution is -2.26. The highest BCUT2D eigenvalue weighted by Crippen LogP contribution is 2.38. The maximum absolute atomic E-state index is 14.4. The summed E-state index contributed by atoms with van der Waals surface area (Å²) in [5, 5.41) is 17.1. The Morgan fingerprint density at radius 3 is 2.57 bits per heavy atom. The lowest BCUT2D eigenvalue weighted by molar-refractivity contribution is -0.136. The lowest BCUT2D eigenvalue weighted by atomic mass is 10.1. The highest BCUT2D eigenvalue weighted by Gasteiger charge is 2.36. The highest BCUT2D eigenvalue weighted by atomic mass is 35.5. The zero-order valence-corrected chi connectivity index (χ0v) is 18.6. The van der Waals surface area contributed by atoms with Crippen molar-refractivity contribution in [2.75, 3.05) is 12.3 Å². The van der Waals surface area contributed by atoms with E-state index in [0.717, 1.165) is 29.0 Å². The number of benzene rings is 2. The molecular weight excluding hydrogens is 490 g/mol.